The van der Waals surface area contributed by atoms with E-state index in [1.807, 2.05) is 0 Å². The number of carbonyl (C=O) groups excluding carboxylic acids is 1. The van der Waals surface area contributed by atoms with Gasteiger partial charge in [-0.15, -0.1) is 0 Å². The van der Waals surface area contributed by atoms with Gasteiger partial charge >= 0.3 is 5.97 Å². The van der Waals surface area contributed by atoms with Crippen LogP contribution in [0.1, 0.15) is 15.9 Å². The molecule has 0 saturated carbocycles. The Kier molecular flexibility index (Phi) is 3.80. The molecule has 5 heteroatoms. The Bertz CT molecular complexity index is 407. The highest BCUT2D eigenvalue weighted by Gasteiger charge is 2.17. The second-order valence-corrected chi connectivity index (χ2v) is 3.20. The van der Waals surface area contributed by atoms with Crippen LogP contribution >= 0.6 is 11.6 Å². The van der Waals surface area contributed by atoms with E-state index in [1.54, 1.807) is 0 Å². The zero-order chi connectivity index (χ0) is 11.4. The Hall–Kier alpha value is -1.42. The molecule has 0 bridgehead atoms. The molecule has 0 amide bonds. The molecule has 0 N–H and O–H groups in total. The lowest BCUT2D eigenvalue weighted by Gasteiger charge is -2.07. The standard InChI is InChI=1S/C10H9ClFNO2/c1-13-5-6-3-7(12)4-8(11)9(6)10(14)15-2/h3-4H,1,5H2,2H3. The summed E-state index contributed by atoms with van der Waals surface area (Å²) in [6.45, 7) is 3.39. The second kappa shape index (κ2) is 4.89. The van der Waals surface area contributed by atoms with Crippen molar-refractivity contribution in [2.75, 3.05) is 7.11 Å². The van der Waals surface area contributed by atoms with Crippen LogP contribution < -0.4 is 0 Å². The van der Waals surface area contributed by atoms with Crippen molar-refractivity contribution in [3.05, 3.63) is 34.1 Å². The van der Waals surface area contributed by atoms with Crippen LogP contribution in [0.2, 0.25) is 5.02 Å². The van der Waals surface area contributed by atoms with E-state index in [4.69, 9.17) is 11.6 Å². The van der Waals surface area contributed by atoms with E-state index < -0.39 is 11.8 Å². The number of carbonyl (C=O) groups is 1. The first-order valence-corrected chi connectivity index (χ1v) is 4.46. The number of halogens is 2. The molecule has 80 valence electrons. The fourth-order valence-electron chi connectivity index (χ4n) is 1.20. The van der Waals surface area contributed by atoms with E-state index in [1.165, 1.54) is 13.2 Å². The van der Waals surface area contributed by atoms with Crippen molar-refractivity contribution in [2.45, 2.75) is 6.54 Å². The van der Waals surface area contributed by atoms with Gasteiger partial charge in [0.1, 0.15) is 5.82 Å². The topological polar surface area (TPSA) is 38.7 Å². The molecule has 1 aromatic carbocycles. The Morgan fingerprint density at radius 1 is 1.67 bits per heavy atom. The summed E-state index contributed by atoms with van der Waals surface area (Å²) in [5.74, 6) is -1.13. The van der Waals surface area contributed by atoms with E-state index in [0.29, 0.717) is 5.56 Å². The third-order valence-electron chi connectivity index (χ3n) is 1.81. The molecule has 15 heavy (non-hydrogen) atoms. The van der Waals surface area contributed by atoms with E-state index in [0.717, 1.165) is 6.07 Å². The second-order valence-electron chi connectivity index (χ2n) is 2.80. The molecule has 0 saturated heterocycles. The molecular weight excluding hydrogens is 221 g/mol. The highest BCUT2D eigenvalue weighted by molar-refractivity contribution is 6.33. The predicted octanol–water partition coefficient (Wildman–Crippen LogP) is 2.47. The quantitative estimate of drug-likeness (QED) is 0.590. The van der Waals surface area contributed by atoms with Gasteiger partial charge in [-0.25, -0.2) is 9.18 Å². The third kappa shape index (κ3) is 2.53. The molecule has 0 heterocycles. The first-order chi connectivity index (χ1) is 7.10. The largest absolute Gasteiger partial charge is 0.465 e. The maximum atomic E-state index is 13.0. The van der Waals surface area contributed by atoms with Gasteiger partial charge in [0.25, 0.3) is 0 Å². The van der Waals surface area contributed by atoms with E-state index in [2.05, 4.69) is 16.4 Å². The summed E-state index contributed by atoms with van der Waals surface area (Å²) in [4.78, 5) is 14.9. The summed E-state index contributed by atoms with van der Waals surface area (Å²) < 4.78 is 17.5. The van der Waals surface area contributed by atoms with Crippen molar-refractivity contribution in [1.29, 1.82) is 0 Å². The number of hydrogen-bond donors (Lipinski definition) is 0. The summed E-state index contributed by atoms with van der Waals surface area (Å²) in [5, 5.41) is 0.0144. The highest BCUT2D eigenvalue weighted by atomic mass is 35.5. The molecule has 0 aromatic heterocycles. The van der Waals surface area contributed by atoms with Crippen molar-refractivity contribution in [2.24, 2.45) is 4.99 Å². The minimum absolute atomic E-state index is 0.0144. The van der Waals surface area contributed by atoms with Crippen molar-refractivity contribution < 1.29 is 13.9 Å². The molecule has 1 rings (SSSR count). The minimum Gasteiger partial charge on any atom is -0.465 e. The number of esters is 1. The molecule has 0 spiro atoms. The molecule has 0 atom stereocenters. The number of ether oxygens (including phenoxy) is 1. The van der Waals surface area contributed by atoms with Gasteiger partial charge in [0, 0.05) is 0 Å². The van der Waals surface area contributed by atoms with Crippen molar-refractivity contribution in [3.8, 4) is 0 Å². The smallest absolute Gasteiger partial charge is 0.339 e. The normalized spacial score (nSPS) is 9.80. The number of aliphatic imine (C=N–C) groups is 1. The average molecular weight is 230 g/mol. The lowest BCUT2D eigenvalue weighted by atomic mass is 10.1. The van der Waals surface area contributed by atoms with Crippen molar-refractivity contribution >= 4 is 24.3 Å². The first kappa shape index (κ1) is 11.7. The molecule has 0 radical (unpaired) electrons. The Balaban J connectivity index is 3.32. The Morgan fingerprint density at radius 2 is 2.33 bits per heavy atom. The maximum absolute atomic E-state index is 13.0. The fraction of sp³-hybridized carbons (Fsp3) is 0.200. The minimum atomic E-state index is -0.612. The van der Waals surface area contributed by atoms with Crippen molar-refractivity contribution in [3.63, 3.8) is 0 Å². The molecular formula is C10H9ClFNO2. The van der Waals surface area contributed by atoms with Gasteiger partial charge in [-0.3, -0.25) is 4.99 Å². The summed E-state index contributed by atoms with van der Waals surface area (Å²) in [6, 6.07) is 2.24. The molecule has 0 unspecified atom stereocenters. The number of methoxy groups -OCH3 is 1. The summed E-state index contributed by atoms with van der Waals surface area (Å²) >= 11 is 5.74. The number of benzene rings is 1. The SMILES string of the molecule is C=NCc1cc(F)cc(Cl)c1C(=O)OC. The number of rotatable bonds is 3. The number of hydrogen-bond acceptors (Lipinski definition) is 3. The van der Waals surface area contributed by atoms with Crippen LogP contribution in [0.5, 0.6) is 0 Å². The zero-order valence-corrected chi connectivity index (χ0v) is 8.84. The lowest BCUT2D eigenvalue weighted by Crippen LogP contribution is -2.07. The van der Waals surface area contributed by atoms with Gasteiger partial charge < -0.3 is 4.74 Å². The van der Waals surface area contributed by atoms with Gasteiger partial charge in [0.2, 0.25) is 0 Å². The van der Waals surface area contributed by atoms with Crippen LogP contribution in [0.25, 0.3) is 0 Å². The average Bonchev–Trinajstić information content (AvgIpc) is 2.16. The summed E-state index contributed by atoms with van der Waals surface area (Å²) in [6.07, 6.45) is 0. The third-order valence-corrected chi connectivity index (χ3v) is 2.11. The van der Waals surface area contributed by atoms with E-state index in [-0.39, 0.29) is 17.1 Å². The lowest BCUT2D eigenvalue weighted by molar-refractivity contribution is 0.0599. The van der Waals surface area contributed by atoms with Crippen LogP contribution in [0.15, 0.2) is 17.1 Å². The van der Waals surface area contributed by atoms with Crippen LogP contribution in [0.4, 0.5) is 4.39 Å². The first-order valence-electron chi connectivity index (χ1n) is 4.09. The van der Waals surface area contributed by atoms with E-state index >= 15 is 0 Å². The molecule has 1 aromatic rings. The number of nitrogens with zero attached hydrogens (tertiary/aromatic N) is 1. The Morgan fingerprint density at radius 3 is 2.87 bits per heavy atom. The van der Waals surface area contributed by atoms with Crippen LogP contribution in [0, 0.1) is 5.82 Å². The summed E-state index contributed by atoms with van der Waals surface area (Å²) in [7, 11) is 1.23. The van der Waals surface area contributed by atoms with Gasteiger partial charge in [-0.05, 0) is 24.4 Å². The molecule has 0 aliphatic heterocycles. The van der Waals surface area contributed by atoms with Crippen LogP contribution in [-0.4, -0.2) is 19.8 Å². The zero-order valence-electron chi connectivity index (χ0n) is 8.09. The maximum Gasteiger partial charge on any atom is 0.339 e. The van der Waals surface area contributed by atoms with Gasteiger partial charge in [-0.1, -0.05) is 11.6 Å². The van der Waals surface area contributed by atoms with Crippen molar-refractivity contribution in [1.82, 2.24) is 0 Å². The summed E-state index contributed by atoms with van der Waals surface area (Å²) in [5.41, 5.74) is 0.495. The van der Waals surface area contributed by atoms with Gasteiger partial charge in [0.15, 0.2) is 0 Å². The van der Waals surface area contributed by atoms with Crippen LogP contribution in [-0.2, 0) is 11.3 Å². The molecule has 0 aliphatic rings. The van der Waals surface area contributed by atoms with Crippen LogP contribution in [0.3, 0.4) is 0 Å². The molecule has 3 nitrogen and oxygen atoms in total. The van der Waals surface area contributed by atoms with Gasteiger partial charge in [-0.2, -0.15) is 0 Å². The predicted molar refractivity (Wildman–Crippen MR) is 56.0 cm³/mol. The molecule has 0 aliphatic carbocycles. The van der Waals surface area contributed by atoms with E-state index in [9.17, 15) is 9.18 Å². The fourth-order valence-corrected chi connectivity index (χ4v) is 1.51. The Labute approximate surface area is 91.5 Å². The van der Waals surface area contributed by atoms with Gasteiger partial charge in [0.05, 0.1) is 24.2 Å². The molecule has 0 fully saturated rings. The monoisotopic (exact) mass is 229 g/mol. The highest BCUT2D eigenvalue weighted by Crippen LogP contribution is 2.23.